The van der Waals surface area contributed by atoms with Crippen LogP contribution < -0.4 is 0 Å². The van der Waals surface area contributed by atoms with E-state index in [1.807, 2.05) is 0 Å². The quantitative estimate of drug-likeness (QED) is 0.499. The molecule has 0 aliphatic heterocycles. The second-order valence-corrected chi connectivity index (χ2v) is 4.04. The van der Waals surface area contributed by atoms with Gasteiger partial charge in [0.1, 0.15) is 6.61 Å². The van der Waals surface area contributed by atoms with Crippen molar-refractivity contribution in [3.05, 3.63) is 0 Å². The number of rotatable bonds is 8. The maximum atomic E-state index is 12.2. The number of hydrogen-bond acceptors (Lipinski definition) is 4. The minimum absolute atomic E-state index is 0.0626. The Kier molecular flexibility index (Phi) is 7.93. The molecule has 0 aromatic carbocycles. The third-order valence-electron chi connectivity index (χ3n) is 2.16. The molecule has 0 radical (unpaired) electrons. The Morgan fingerprint density at radius 3 is 2.39 bits per heavy atom. The van der Waals surface area contributed by atoms with E-state index in [2.05, 4.69) is 4.74 Å². The lowest BCUT2D eigenvalue weighted by Gasteiger charge is -2.27. The lowest BCUT2D eigenvalue weighted by Crippen LogP contribution is -2.41. The van der Waals surface area contributed by atoms with Crippen LogP contribution in [0.4, 0.5) is 13.2 Å². The summed E-state index contributed by atoms with van der Waals surface area (Å²) in [6.07, 6.45) is -4.23. The Labute approximate surface area is 105 Å². The molecule has 0 N–H and O–H groups in total. The largest absolute Gasteiger partial charge is 0.464 e. The van der Waals surface area contributed by atoms with Crippen molar-refractivity contribution in [3.63, 3.8) is 0 Å². The van der Waals surface area contributed by atoms with Gasteiger partial charge in [0, 0.05) is 12.6 Å². The van der Waals surface area contributed by atoms with Gasteiger partial charge in [0.05, 0.1) is 19.8 Å². The monoisotopic (exact) mass is 271 g/mol. The fourth-order valence-electron chi connectivity index (χ4n) is 1.29. The van der Waals surface area contributed by atoms with E-state index in [-0.39, 0.29) is 32.4 Å². The van der Waals surface area contributed by atoms with Gasteiger partial charge in [-0.15, -0.1) is 0 Å². The average Bonchev–Trinajstić information content (AvgIpc) is 2.21. The normalized spacial score (nSPS) is 12.2. The topological polar surface area (TPSA) is 38.8 Å². The van der Waals surface area contributed by atoms with Crippen LogP contribution in [0.2, 0.25) is 0 Å². The van der Waals surface area contributed by atoms with Crippen LogP contribution in [-0.2, 0) is 14.3 Å². The SMILES string of the molecule is CCOC(=O)COCCN(CC(F)(F)F)C(C)C. The second kappa shape index (κ2) is 8.31. The van der Waals surface area contributed by atoms with Crippen molar-refractivity contribution in [2.45, 2.75) is 33.0 Å². The Morgan fingerprint density at radius 1 is 1.33 bits per heavy atom. The van der Waals surface area contributed by atoms with Gasteiger partial charge in [-0.25, -0.2) is 4.79 Å². The standard InChI is InChI=1S/C11H20F3NO3/c1-4-18-10(16)7-17-6-5-15(9(2)3)8-11(12,13)14/h9H,4-8H2,1-3H3. The predicted molar refractivity (Wildman–Crippen MR) is 60.2 cm³/mol. The van der Waals surface area contributed by atoms with E-state index >= 15 is 0 Å². The van der Waals surface area contributed by atoms with Gasteiger partial charge in [-0.2, -0.15) is 13.2 Å². The highest BCUT2D eigenvalue weighted by Gasteiger charge is 2.31. The van der Waals surface area contributed by atoms with Crippen molar-refractivity contribution in [3.8, 4) is 0 Å². The van der Waals surface area contributed by atoms with Crippen LogP contribution in [0.15, 0.2) is 0 Å². The highest BCUT2D eigenvalue weighted by atomic mass is 19.4. The smallest absolute Gasteiger partial charge is 0.401 e. The van der Waals surface area contributed by atoms with Gasteiger partial charge in [0.2, 0.25) is 0 Å². The van der Waals surface area contributed by atoms with Crippen molar-refractivity contribution in [2.75, 3.05) is 32.9 Å². The molecule has 0 saturated carbocycles. The van der Waals surface area contributed by atoms with E-state index in [1.54, 1.807) is 20.8 Å². The number of carbonyl (C=O) groups excluding carboxylic acids is 1. The summed E-state index contributed by atoms with van der Waals surface area (Å²) in [4.78, 5) is 12.2. The maximum Gasteiger partial charge on any atom is 0.401 e. The number of carbonyl (C=O) groups is 1. The molecule has 0 aliphatic carbocycles. The van der Waals surface area contributed by atoms with E-state index in [9.17, 15) is 18.0 Å². The molecule has 108 valence electrons. The minimum Gasteiger partial charge on any atom is -0.464 e. The molecule has 18 heavy (non-hydrogen) atoms. The van der Waals surface area contributed by atoms with Crippen LogP contribution >= 0.6 is 0 Å². The molecule has 4 nitrogen and oxygen atoms in total. The number of nitrogens with zero attached hydrogens (tertiary/aromatic N) is 1. The van der Waals surface area contributed by atoms with Crippen LogP contribution in [0, 0.1) is 0 Å². The summed E-state index contributed by atoms with van der Waals surface area (Å²) < 4.78 is 46.3. The summed E-state index contributed by atoms with van der Waals surface area (Å²) in [5.41, 5.74) is 0. The fourth-order valence-corrected chi connectivity index (χ4v) is 1.29. The molecule has 0 amide bonds. The van der Waals surface area contributed by atoms with Gasteiger partial charge in [-0.05, 0) is 20.8 Å². The summed E-state index contributed by atoms with van der Waals surface area (Å²) in [5.74, 6) is -0.510. The first-order chi connectivity index (χ1) is 8.26. The molecule has 0 heterocycles. The van der Waals surface area contributed by atoms with Crippen molar-refractivity contribution in [1.82, 2.24) is 4.90 Å². The number of hydrogen-bond donors (Lipinski definition) is 0. The van der Waals surface area contributed by atoms with Crippen LogP contribution in [0.1, 0.15) is 20.8 Å². The zero-order chi connectivity index (χ0) is 14.2. The Morgan fingerprint density at radius 2 is 1.94 bits per heavy atom. The molecule has 0 fully saturated rings. The lowest BCUT2D eigenvalue weighted by molar-refractivity contribution is -0.154. The van der Waals surface area contributed by atoms with E-state index in [0.717, 1.165) is 0 Å². The molecular formula is C11H20F3NO3. The van der Waals surface area contributed by atoms with Crippen LogP contribution in [0.3, 0.4) is 0 Å². The van der Waals surface area contributed by atoms with E-state index in [4.69, 9.17) is 4.74 Å². The van der Waals surface area contributed by atoms with Crippen LogP contribution in [0.5, 0.6) is 0 Å². The zero-order valence-corrected chi connectivity index (χ0v) is 10.9. The lowest BCUT2D eigenvalue weighted by atomic mass is 10.3. The summed E-state index contributed by atoms with van der Waals surface area (Å²) in [6, 6.07) is -0.238. The number of halogens is 3. The molecule has 7 heteroatoms. The summed E-state index contributed by atoms with van der Waals surface area (Å²) in [7, 11) is 0. The molecule has 0 aliphatic rings. The van der Waals surface area contributed by atoms with E-state index in [0.29, 0.717) is 0 Å². The first-order valence-electron chi connectivity index (χ1n) is 5.80. The third kappa shape index (κ3) is 9.23. The first-order valence-corrected chi connectivity index (χ1v) is 5.80. The molecule has 0 aromatic heterocycles. The van der Waals surface area contributed by atoms with Crippen molar-refractivity contribution in [1.29, 1.82) is 0 Å². The molecular weight excluding hydrogens is 251 g/mol. The van der Waals surface area contributed by atoms with Gasteiger partial charge in [0.15, 0.2) is 0 Å². The Balaban J connectivity index is 3.88. The van der Waals surface area contributed by atoms with Crippen molar-refractivity contribution in [2.24, 2.45) is 0 Å². The number of ether oxygens (including phenoxy) is 2. The molecule has 0 unspecified atom stereocenters. The van der Waals surface area contributed by atoms with Gasteiger partial charge in [-0.1, -0.05) is 0 Å². The highest BCUT2D eigenvalue weighted by molar-refractivity contribution is 5.70. The average molecular weight is 271 g/mol. The molecule has 0 atom stereocenters. The third-order valence-corrected chi connectivity index (χ3v) is 2.16. The molecule has 0 rings (SSSR count). The Hall–Kier alpha value is -0.820. The predicted octanol–water partition coefficient (Wildman–Crippen LogP) is 1.84. The van der Waals surface area contributed by atoms with Gasteiger partial charge in [-0.3, -0.25) is 4.90 Å². The Bertz CT molecular complexity index is 244. The number of alkyl halides is 3. The van der Waals surface area contributed by atoms with E-state index in [1.165, 1.54) is 4.90 Å². The van der Waals surface area contributed by atoms with Crippen LogP contribution in [-0.4, -0.2) is 56.0 Å². The van der Waals surface area contributed by atoms with Gasteiger partial charge >= 0.3 is 12.1 Å². The maximum absolute atomic E-state index is 12.2. The molecule has 0 bridgehead atoms. The van der Waals surface area contributed by atoms with Gasteiger partial charge < -0.3 is 9.47 Å². The molecule has 0 saturated heterocycles. The highest BCUT2D eigenvalue weighted by Crippen LogP contribution is 2.17. The van der Waals surface area contributed by atoms with E-state index < -0.39 is 18.7 Å². The summed E-state index contributed by atoms with van der Waals surface area (Å²) >= 11 is 0. The van der Waals surface area contributed by atoms with Gasteiger partial charge in [0.25, 0.3) is 0 Å². The molecule has 0 aromatic rings. The zero-order valence-electron chi connectivity index (χ0n) is 10.9. The minimum atomic E-state index is -4.23. The number of esters is 1. The van der Waals surface area contributed by atoms with Crippen molar-refractivity contribution < 1.29 is 27.4 Å². The first kappa shape index (κ1) is 17.2. The second-order valence-electron chi connectivity index (χ2n) is 4.04. The van der Waals surface area contributed by atoms with Crippen molar-refractivity contribution >= 4 is 5.97 Å². The van der Waals surface area contributed by atoms with Crippen LogP contribution in [0.25, 0.3) is 0 Å². The summed E-state index contributed by atoms with van der Waals surface area (Å²) in [6.45, 7) is 4.26. The summed E-state index contributed by atoms with van der Waals surface area (Å²) in [5, 5.41) is 0. The fraction of sp³-hybridized carbons (Fsp3) is 0.909. The molecule has 0 spiro atoms.